The van der Waals surface area contributed by atoms with Gasteiger partial charge in [-0.05, 0) is 23.8 Å². The van der Waals surface area contributed by atoms with Crippen molar-refractivity contribution in [3.05, 3.63) is 66.9 Å². The van der Waals surface area contributed by atoms with Crippen LogP contribution in [0.1, 0.15) is 10.4 Å². The second-order valence-electron chi connectivity index (χ2n) is 5.85. The molecule has 134 valence electrons. The molecule has 0 unspecified atom stereocenters. The predicted molar refractivity (Wildman–Crippen MR) is 97.8 cm³/mol. The molecule has 9 heteroatoms. The number of pyridine rings is 1. The molecule has 2 amide bonds. The average molecular weight is 361 g/mol. The minimum absolute atomic E-state index is 0.118. The summed E-state index contributed by atoms with van der Waals surface area (Å²) in [7, 11) is 0. The van der Waals surface area contributed by atoms with Crippen LogP contribution in [0.3, 0.4) is 0 Å². The Labute approximate surface area is 153 Å². The van der Waals surface area contributed by atoms with Gasteiger partial charge in [-0.1, -0.05) is 18.2 Å². The topological polar surface area (TPSA) is 120 Å². The number of nitrogens with one attached hydrogen (secondary N) is 1. The van der Waals surface area contributed by atoms with Crippen molar-refractivity contribution in [2.24, 2.45) is 5.73 Å². The number of rotatable bonds is 5. The highest BCUT2D eigenvalue weighted by molar-refractivity contribution is 5.99. The van der Waals surface area contributed by atoms with Crippen molar-refractivity contribution in [1.29, 1.82) is 0 Å². The van der Waals surface area contributed by atoms with Crippen LogP contribution in [0, 0.1) is 0 Å². The fourth-order valence-electron chi connectivity index (χ4n) is 2.76. The van der Waals surface area contributed by atoms with Gasteiger partial charge in [-0.2, -0.15) is 4.98 Å². The number of anilines is 1. The van der Waals surface area contributed by atoms with Gasteiger partial charge in [-0.25, -0.2) is 9.50 Å². The van der Waals surface area contributed by atoms with Crippen molar-refractivity contribution in [2.45, 2.75) is 6.54 Å². The molecule has 9 nitrogen and oxygen atoms in total. The van der Waals surface area contributed by atoms with E-state index in [4.69, 9.17) is 5.73 Å². The molecule has 27 heavy (non-hydrogen) atoms. The summed E-state index contributed by atoms with van der Waals surface area (Å²) in [6, 6.07) is 10.6. The first-order chi connectivity index (χ1) is 13.1. The quantitative estimate of drug-likeness (QED) is 0.556. The summed E-state index contributed by atoms with van der Waals surface area (Å²) in [6.45, 7) is 0.118. The van der Waals surface area contributed by atoms with E-state index in [0.717, 1.165) is 5.56 Å². The number of nitrogens with zero attached hydrogens (tertiary/aromatic N) is 5. The molecule has 3 heterocycles. The number of fused-ring (bicyclic) bond motifs is 1. The number of nitrogens with two attached hydrogens (primary N) is 1. The molecule has 0 aliphatic rings. The van der Waals surface area contributed by atoms with E-state index in [9.17, 15) is 9.59 Å². The maximum Gasteiger partial charge on any atom is 0.249 e. The molecule has 0 aliphatic carbocycles. The summed E-state index contributed by atoms with van der Waals surface area (Å²) in [5, 5.41) is 6.93. The molecule has 3 N–H and O–H groups in total. The minimum Gasteiger partial charge on any atom is -0.366 e. The zero-order valence-electron chi connectivity index (χ0n) is 14.1. The van der Waals surface area contributed by atoms with Gasteiger partial charge in [0.05, 0.1) is 6.33 Å². The zero-order valence-corrected chi connectivity index (χ0v) is 14.1. The Morgan fingerprint density at radius 2 is 2.00 bits per heavy atom. The van der Waals surface area contributed by atoms with E-state index in [0.29, 0.717) is 16.8 Å². The van der Waals surface area contributed by atoms with E-state index >= 15 is 0 Å². The molecule has 4 rings (SSSR count). The van der Waals surface area contributed by atoms with E-state index in [1.807, 2.05) is 18.2 Å². The van der Waals surface area contributed by atoms with Crippen LogP contribution < -0.4 is 11.1 Å². The molecule has 0 spiro atoms. The van der Waals surface area contributed by atoms with Gasteiger partial charge in [0.15, 0.2) is 5.65 Å². The fraction of sp³-hybridized carbons (Fsp3) is 0.0556. The molecule has 0 fully saturated rings. The summed E-state index contributed by atoms with van der Waals surface area (Å²) < 4.78 is 3.18. The average Bonchev–Trinajstić information content (AvgIpc) is 3.29. The van der Waals surface area contributed by atoms with E-state index in [2.05, 4.69) is 20.4 Å². The Bertz CT molecular complexity index is 1130. The Hall–Kier alpha value is -4.01. The predicted octanol–water partition coefficient (Wildman–Crippen LogP) is 1.33. The van der Waals surface area contributed by atoms with Gasteiger partial charge in [0, 0.05) is 29.7 Å². The SMILES string of the molecule is NC(=O)c1ccccc1-c1ccc2nc(NC(=O)Cn3ccnc3)nn2c1. The van der Waals surface area contributed by atoms with Crippen molar-refractivity contribution in [3.8, 4) is 11.1 Å². The lowest BCUT2D eigenvalue weighted by Crippen LogP contribution is -2.18. The van der Waals surface area contributed by atoms with Crippen LogP contribution >= 0.6 is 0 Å². The van der Waals surface area contributed by atoms with Crippen LogP contribution in [0.15, 0.2) is 61.3 Å². The van der Waals surface area contributed by atoms with Crippen molar-refractivity contribution in [1.82, 2.24) is 24.1 Å². The second-order valence-corrected chi connectivity index (χ2v) is 5.85. The van der Waals surface area contributed by atoms with Gasteiger partial charge in [-0.3, -0.25) is 14.9 Å². The normalized spacial score (nSPS) is 10.8. The van der Waals surface area contributed by atoms with Gasteiger partial charge in [0.25, 0.3) is 0 Å². The Kier molecular flexibility index (Phi) is 4.09. The zero-order chi connectivity index (χ0) is 18.8. The van der Waals surface area contributed by atoms with Crippen LogP contribution in [0.4, 0.5) is 5.95 Å². The molecule has 4 aromatic rings. The third-order valence-corrected chi connectivity index (χ3v) is 3.97. The second kappa shape index (κ2) is 6.71. The van der Waals surface area contributed by atoms with E-state index < -0.39 is 5.91 Å². The number of carbonyl (C=O) groups excluding carboxylic acids is 2. The number of aromatic nitrogens is 5. The summed E-state index contributed by atoms with van der Waals surface area (Å²) >= 11 is 0. The van der Waals surface area contributed by atoms with Crippen LogP contribution in [-0.4, -0.2) is 36.0 Å². The third kappa shape index (κ3) is 3.38. The molecule has 0 saturated heterocycles. The maximum absolute atomic E-state index is 12.1. The molecule has 3 aromatic heterocycles. The molecule has 0 aliphatic heterocycles. The largest absolute Gasteiger partial charge is 0.366 e. The third-order valence-electron chi connectivity index (χ3n) is 3.97. The Balaban J connectivity index is 1.61. The number of benzene rings is 1. The number of carbonyl (C=O) groups is 2. The van der Waals surface area contributed by atoms with Crippen molar-refractivity contribution in [3.63, 3.8) is 0 Å². The van der Waals surface area contributed by atoms with Crippen molar-refractivity contribution < 1.29 is 9.59 Å². The van der Waals surface area contributed by atoms with E-state index in [1.165, 1.54) is 0 Å². The lowest BCUT2D eigenvalue weighted by molar-refractivity contribution is -0.116. The summed E-state index contributed by atoms with van der Waals surface area (Å²) in [6.07, 6.45) is 6.58. The molecule has 0 bridgehead atoms. The molecule has 0 atom stereocenters. The summed E-state index contributed by atoms with van der Waals surface area (Å²) in [5.41, 5.74) is 7.90. The molecule has 0 saturated carbocycles. The molecular weight excluding hydrogens is 346 g/mol. The first-order valence-corrected chi connectivity index (χ1v) is 8.11. The Morgan fingerprint density at radius 1 is 1.15 bits per heavy atom. The Morgan fingerprint density at radius 3 is 2.78 bits per heavy atom. The van der Waals surface area contributed by atoms with E-state index in [-0.39, 0.29) is 18.4 Å². The van der Waals surface area contributed by atoms with Crippen LogP contribution in [0.2, 0.25) is 0 Å². The number of hydrogen-bond donors (Lipinski definition) is 2. The monoisotopic (exact) mass is 361 g/mol. The van der Waals surface area contributed by atoms with Gasteiger partial charge in [-0.15, -0.1) is 5.10 Å². The first kappa shape index (κ1) is 16.5. The van der Waals surface area contributed by atoms with Gasteiger partial charge in [0.1, 0.15) is 6.54 Å². The fourth-order valence-corrected chi connectivity index (χ4v) is 2.76. The van der Waals surface area contributed by atoms with E-state index in [1.54, 1.807) is 52.2 Å². The van der Waals surface area contributed by atoms with Crippen molar-refractivity contribution >= 4 is 23.4 Å². The first-order valence-electron chi connectivity index (χ1n) is 8.11. The van der Waals surface area contributed by atoms with Crippen LogP contribution in [0.25, 0.3) is 16.8 Å². The molecule has 1 aromatic carbocycles. The highest BCUT2D eigenvalue weighted by Gasteiger charge is 2.12. The summed E-state index contributed by atoms with van der Waals surface area (Å²) in [5.74, 6) is -0.569. The smallest absolute Gasteiger partial charge is 0.249 e. The molecule has 0 radical (unpaired) electrons. The van der Waals surface area contributed by atoms with Crippen LogP contribution in [0.5, 0.6) is 0 Å². The van der Waals surface area contributed by atoms with Gasteiger partial charge >= 0.3 is 0 Å². The van der Waals surface area contributed by atoms with Crippen molar-refractivity contribution in [2.75, 3.05) is 5.32 Å². The standard InChI is InChI=1S/C18H15N7O2/c19-17(27)14-4-2-1-3-13(14)12-5-6-15-21-18(23-25(15)9-12)22-16(26)10-24-8-7-20-11-24/h1-9,11H,10H2,(H2,19,27)(H,22,23,26). The van der Waals surface area contributed by atoms with Gasteiger partial charge in [0.2, 0.25) is 17.8 Å². The number of imidazole rings is 1. The number of amides is 2. The lowest BCUT2D eigenvalue weighted by atomic mass is 10.0. The van der Waals surface area contributed by atoms with Crippen LogP contribution in [-0.2, 0) is 11.3 Å². The number of hydrogen-bond acceptors (Lipinski definition) is 5. The minimum atomic E-state index is -0.503. The highest BCUT2D eigenvalue weighted by Crippen LogP contribution is 2.24. The summed E-state index contributed by atoms with van der Waals surface area (Å²) in [4.78, 5) is 31.9. The maximum atomic E-state index is 12.1. The molecular formula is C18H15N7O2. The number of primary amides is 1. The van der Waals surface area contributed by atoms with Gasteiger partial charge < -0.3 is 10.3 Å². The highest BCUT2D eigenvalue weighted by atomic mass is 16.2. The lowest BCUT2D eigenvalue weighted by Gasteiger charge is -2.06.